The molecule has 2 heterocycles. The Balaban J connectivity index is 2.66. The molecule has 0 radical (unpaired) electrons. The van der Waals surface area contributed by atoms with Crippen molar-refractivity contribution in [2.45, 2.75) is 32.2 Å². The summed E-state index contributed by atoms with van der Waals surface area (Å²) >= 11 is 5.89. The highest BCUT2D eigenvalue weighted by Crippen LogP contribution is 2.21. The lowest BCUT2D eigenvalue weighted by molar-refractivity contribution is 0.527. The fourth-order valence-electron chi connectivity index (χ4n) is 1.72. The molecule has 0 spiro atoms. The Morgan fingerprint density at radius 3 is 3.00 bits per heavy atom. The van der Waals surface area contributed by atoms with E-state index in [1.807, 2.05) is 12.1 Å². The number of rotatable bonds is 3. The zero-order chi connectivity index (χ0) is 10.8. The predicted molar refractivity (Wildman–Crippen MR) is 62.1 cm³/mol. The summed E-state index contributed by atoms with van der Waals surface area (Å²) in [4.78, 5) is 8.83. The lowest BCUT2D eigenvalue weighted by Crippen LogP contribution is -2.07. The van der Waals surface area contributed by atoms with Crippen molar-refractivity contribution in [2.24, 2.45) is 0 Å². The first kappa shape index (κ1) is 10.4. The molecule has 2 aromatic heterocycles. The van der Waals surface area contributed by atoms with E-state index in [0.717, 1.165) is 23.4 Å². The summed E-state index contributed by atoms with van der Waals surface area (Å²) in [5.41, 5.74) is 1.86. The molecule has 0 aliphatic carbocycles. The number of alkyl halides is 1. The Bertz CT molecular complexity index is 464. The quantitative estimate of drug-likeness (QED) is 0.749. The third-order valence-corrected chi connectivity index (χ3v) is 2.91. The minimum Gasteiger partial charge on any atom is -0.309 e. The van der Waals surface area contributed by atoms with E-state index in [9.17, 15) is 0 Å². The van der Waals surface area contributed by atoms with Gasteiger partial charge in [0.2, 0.25) is 0 Å². The molecule has 0 aliphatic rings. The van der Waals surface area contributed by atoms with Crippen LogP contribution >= 0.6 is 11.6 Å². The second-order valence-electron chi connectivity index (χ2n) is 3.64. The Kier molecular flexibility index (Phi) is 2.91. The molecule has 0 bridgehead atoms. The number of hydrogen-bond donors (Lipinski definition) is 0. The first-order valence-corrected chi connectivity index (χ1v) is 5.69. The first-order valence-electron chi connectivity index (χ1n) is 5.15. The summed E-state index contributed by atoms with van der Waals surface area (Å²) < 4.78 is 2.13. The van der Waals surface area contributed by atoms with Crippen LogP contribution in [0.25, 0.3) is 11.2 Å². The predicted octanol–water partition coefficient (Wildman–Crippen LogP) is 3.14. The highest BCUT2D eigenvalue weighted by Gasteiger charge is 2.14. The summed E-state index contributed by atoms with van der Waals surface area (Å²) in [6.45, 7) is 4.31. The lowest BCUT2D eigenvalue weighted by Gasteiger charge is -2.13. The monoisotopic (exact) mass is 223 g/mol. The Morgan fingerprint density at radius 1 is 1.53 bits per heavy atom. The fraction of sp³-hybridized carbons (Fsp3) is 0.455. The van der Waals surface area contributed by atoms with E-state index in [0.29, 0.717) is 11.9 Å². The summed E-state index contributed by atoms with van der Waals surface area (Å²) in [7, 11) is 0. The van der Waals surface area contributed by atoms with E-state index in [-0.39, 0.29) is 0 Å². The summed E-state index contributed by atoms with van der Waals surface area (Å²) in [6, 6.07) is 4.25. The zero-order valence-corrected chi connectivity index (χ0v) is 9.70. The average molecular weight is 224 g/mol. The number of fused-ring (bicyclic) bond motifs is 1. The van der Waals surface area contributed by atoms with Gasteiger partial charge in [0, 0.05) is 12.2 Å². The zero-order valence-electron chi connectivity index (χ0n) is 8.94. The van der Waals surface area contributed by atoms with Crippen molar-refractivity contribution in [3.63, 3.8) is 0 Å². The van der Waals surface area contributed by atoms with Crippen LogP contribution in [0.15, 0.2) is 18.3 Å². The maximum absolute atomic E-state index is 5.89. The standard InChI is InChI=1S/C11H14ClN3/c1-3-8(2)15-10(7-12)14-9-5-4-6-13-11(9)15/h4-6,8H,3,7H2,1-2H3. The van der Waals surface area contributed by atoms with E-state index in [1.54, 1.807) is 6.20 Å². The second-order valence-corrected chi connectivity index (χ2v) is 3.90. The van der Waals surface area contributed by atoms with Crippen LogP contribution in [-0.2, 0) is 5.88 Å². The van der Waals surface area contributed by atoms with Crippen LogP contribution in [0.4, 0.5) is 0 Å². The topological polar surface area (TPSA) is 30.7 Å². The highest BCUT2D eigenvalue weighted by molar-refractivity contribution is 6.16. The number of hydrogen-bond acceptors (Lipinski definition) is 2. The van der Waals surface area contributed by atoms with Crippen molar-refractivity contribution in [1.29, 1.82) is 0 Å². The van der Waals surface area contributed by atoms with Crippen molar-refractivity contribution >= 4 is 22.8 Å². The van der Waals surface area contributed by atoms with E-state index in [2.05, 4.69) is 28.4 Å². The molecule has 0 aliphatic heterocycles. The van der Waals surface area contributed by atoms with Gasteiger partial charge in [0.05, 0.1) is 5.88 Å². The number of halogens is 1. The molecule has 3 nitrogen and oxygen atoms in total. The molecule has 4 heteroatoms. The van der Waals surface area contributed by atoms with Gasteiger partial charge in [-0.2, -0.15) is 0 Å². The lowest BCUT2D eigenvalue weighted by atomic mass is 10.2. The minimum atomic E-state index is 0.388. The van der Waals surface area contributed by atoms with E-state index < -0.39 is 0 Å². The molecule has 0 amide bonds. The third-order valence-electron chi connectivity index (χ3n) is 2.67. The van der Waals surface area contributed by atoms with E-state index >= 15 is 0 Å². The SMILES string of the molecule is CCC(C)n1c(CCl)nc2cccnc21. The molecule has 0 fully saturated rings. The third kappa shape index (κ3) is 1.72. The van der Waals surface area contributed by atoms with Crippen LogP contribution in [0.1, 0.15) is 32.1 Å². The molecule has 2 rings (SSSR count). The average Bonchev–Trinajstić information content (AvgIpc) is 2.66. The van der Waals surface area contributed by atoms with Crippen molar-refractivity contribution < 1.29 is 0 Å². The van der Waals surface area contributed by atoms with Gasteiger partial charge in [0.25, 0.3) is 0 Å². The van der Waals surface area contributed by atoms with Crippen LogP contribution in [0.2, 0.25) is 0 Å². The highest BCUT2D eigenvalue weighted by atomic mass is 35.5. The Morgan fingerprint density at radius 2 is 2.33 bits per heavy atom. The maximum atomic E-state index is 5.89. The van der Waals surface area contributed by atoms with Crippen LogP contribution in [0.3, 0.4) is 0 Å². The fourth-order valence-corrected chi connectivity index (χ4v) is 1.91. The Hall–Kier alpha value is -1.09. The first-order chi connectivity index (χ1) is 7.27. The molecule has 80 valence electrons. The Labute approximate surface area is 94.1 Å². The molecule has 0 N–H and O–H groups in total. The minimum absolute atomic E-state index is 0.388. The number of aromatic nitrogens is 3. The van der Waals surface area contributed by atoms with Crippen LogP contribution in [-0.4, -0.2) is 14.5 Å². The van der Waals surface area contributed by atoms with Gasteiger partial charge in [-0.25, -0.2) is 9.97 Å². The van der Waals surface area contributed by atoms with Crippen molar-refractivity contribution in [2.75, 3.05) is 0 Å². The molecule has 0 saturated carbocycles. The van der Waals surface area contributed by atoms with E-state index in [1.165, 1.54) is 0 Å². The van der Waals surface area contributed by atoms with Crippen molar-refractivity contribution in [1.82, 2.24) is 14.5 Å². The largest absolute Gasteiger partial charge is 0.309 e. The van der Waals surface area contributed by atoms with Crippen LogP contribution in [0, 0.1) is 0 Å². The van der Waals surface area contributed by atoms with Crippen LogP contribution < -0.4 is 0 Å². The molecule has 1 atom stereocenters. The normalized spacial score (nSPS) is 13.3. The summed E-state index contributed by atoms with van der Waals surface area (Å²) in [6.07, 6.45) is 2.84. The van der Waals surface area contributed by atoms with Gasteiger partial charge < -0.3 is 4.57 Å². The summed E-state index contributed by atoms with van der Waals surface area (Å²) in [5.74, 6) is 1.33. The van der Waals surface area contributed by atoms with Crippen molar-refractivity contribution in [3.05, 3.63) is 24.2 Å². The van der Waals surface area contributed by atoms with Gasteiger partial charge in [-0.15, -0.1) is 11.6 Å². The molecule has 2 aromatic rings. The molecule has 1 unspecified atom stereocenters. The van der Waals surface area contributed by atoms with Gasteiger partial charge in [-0.3, -0.25) is 0 Å². The molecule has 0 aromatic carbocycles. The molecule has 15 heavy (non-hydrogen) atoms. The van der Waals surface area contributed by atoms with Gasteiger partial charge >= 0.3 is 0 Å². The second kappa shape index (κ2) is 4.19. The van der Waals surface area contributed by atoms with E-state index in [4.69, 9.17) is 11.6 Å². The number of pyridine rings is 1. The van der Waals surface area contributed by atoms with Gasteiger partial charge in [-0.05, 0) is 25.5 Å². The summed E-state index contributed by atoms with van der Waals surface area (Å²) in [5, 5.41) is 0. The van der Waals surface area contributed by atoms with Gasteiger partial charge in [-0.1, -0.05) is 6.92 Å². The van der Waals surface area contributed by atoms with Gasteiger partial charge in [0.1, 0.15) is 11.3 Å². The number of nitrogens with zero attached hydrogens (tertiary/aromatic N) is 3. The van der Waals surface area contributed by atoms with Crippen molar-refractivity contribution in [3.8, 4) is 0 Å². The number of imidazole rings is 1. The molecule has 0 saturated heterocycles. The molecular weight excluding hydrogens is 210 g/mol. The van der Waals surface area contributed by atoms with Gasteiger partial charge in [0.15, 0.2) is 5.65 Å². The van der Waals surface area contributed by atoms with Crippen LogP contribution in [0.5, 0.6) is 0 Å². The molecular formula is C11H14ClN3. The maximum Gasteiger partial charge on any atom is 0.160 e. The smallest absolute Gasteiger partial charge is 0.160 e.